The number of nitrogens with zero attached hydrogens (tertiary/aromatic N) is 2. The number of nitriles is 1. The Bertz CT molecular complexity index is 568. The summed E-state index contributed by atoms with van der Waals surface area (Å²) in [7, 11) is 0. The van der Waals surface area contributed by atoms with E-state index >= 15 is 0 Å². The van der Waals surface area contributed by atoms with Gasteiger partial charge in [-0.1, -0.05) is 0 Å². The minimum Gasteiger partial charge on any atom is -0.399 e. The summed E-state index contributed by atoms with van der Waals surface area (Å²) in [5.41, 5.74) is 7.56. The molecule has 5 heteroatoms. The topological polar surface area (TPSA) is 74.7 Å². The number of aryl methyl sites for hydroxylation is 1. The van der Waals surface area contributed by atoms with Crippen molar-refractivity contribution in [3.05, 3.63) is 39.8 Å². The van der Waals surface area contributed by atoms with Crippen molar-refractivity contribution < 1.29 is 0 Å². The van der Waals surface area contributed by atoms with Crippen LogP contribution in [0, 0.1) is 18.3 Å². The van der Waals surface area contributed by atoms with Crippen molar-refractivity contribution in [2.24, 2.45) is 0 Å². The van der Waals surface area contributed by atoms with Gasteiger partial charge in [-0.25, -0.2) is 4.98 Å². The van der Waals surface area contributed by atoms with Crippen LogP contribution in [0.4, 0.5) is 11.4 Å². The van der Waals surface area contributed by atoms with Crippen molar-refractivity contribution in [3.63, 3.8) is 0 Å². The summed E-state index contributed by atoms with van der Waals surface area (Å²) in [5.74, 6) is 0. The number of anilines is 2. The van der Waals surface area contributed by atoms with Gasteiger partial charge in [-0.15, -0.1) is 11.3 Å². The van der Waals surface area contributed by atoms with E-state index in [0.717, 1.165) is 10.7 Å². The first kappa shape index (κ1) is 11.4. The van der Waals surface area contributed by atoms with E-state index < -0.39 is 0 Å². The summed E-state index contributed by atoms with van der Waals surface area (Å²) in [6.07, 6.45) is 1.84. The van der Waals surface area contributed by atoms with Crippen LogP contribution >= 0.6 is 11.3 Å². The predicted molar refractivity (Wildman–Crippen MR) is 69.7 cm³/mol. The maximum Gasteiger partial charge on any atom is 0.112 e. The molecule has 17 heavy (non-hydrogen) atoms. The highest BCUT2D eigenvalue weighted by Gasteiger charge is 2.03. The molecule has 0 aliphatic heterocycles. The maximum atomic E-state index is 8.99. The molecule has 0 fully saturated rings. The van der Waals surface area contributed by atoms with Crippen molar-refractivity contribution >= 4 is 22.7 Å². The molecule has 2 aromatic rings. The summed E-state index contributed by atoms with van der Waals surface area (Å²) >= 11 is 1.64. The van der Waals surface area contributed by atoms with Gasteiger partial charge in [-0.05, 0) is 25.1 Å². The van der Waals surface area contributed by atoms with E-state index in [0.29, 0.717) is 17.8 Å². The zero-order chi connectivity index (χ0) is 12.3. The van der Waals surface area contributed by atoms with Gasteiger partial charge in [0.1, 0.15) is 11.1 Å². The lowest BCUT2D eigenvalue weighted by Gasteiger charge is -2.06. The first-order chi connectivity index (χ1) is 8.19. The van der Waals surface area contributed by atoms with Crippen LogP contribution in [-0.2, 0) is 6.54 Å². The van der Waals surface area contributed by atoms with Crippen molar-refractivity contribution in [1.29, 1.82) is 5.26 Å². The fraction of sp³-hybridized carbons (Fsp3) is 0.167. The predicted octanol–water partition coefficient (Wildman–Crippen LogP) is 2.52. The number of hydrogen-bond donors (Lipinski definition) is 2. The van der Waals surface area contributed by atoms with Gasteiger partial charge in [0.15, 0.2) is 0 Å². The summed E-state index contributed by atoms with van der Waals surface area (Å²) < 4.78 is 0. The molecule has 86 valence electrons. The third-order valence-corrected chi connectivity index (χ3v) is 3.18. The molecule has 1 aromatic heterocycles. The number of nitrogens with two attached hydrogens (primary N) is 1. The lowest BCUT2D eigenvalue weighted by atomic mass is 10.2. The van der Waals surface area contributed by atoms with Gasteiger partial charge in [0.25, 0.3) is 0 Å². The number of aromatic nitrogens is 1. The molecular formula is C12H12N4S. The number of benzene rings is 1. The molecule has 3 N–H and O–H groups in total. The molecule has 0 saturated carbocycles. The summed E-state index contributed by atoms with van der Waals surface area (Å²) in [6, 6.07) is 7.37. The molecule has 1 aromatic carbocycles. The Labute approximate surface area is 104 Å². The average Bonchev–Trinajstić information content (AvgIpc) is 2.73. The monoisotopic (exact) mass is 244 g/mol. The lowest BCUT2D eigenvalue weighted by Crippen LogP contribution is -2.01. The number of nitrogen functional groups attached to an aromatic ring is 1. The smallest absolute Gasteiger partial charge is 0.112 e. The summed E-state index contributed by atoms with van der Waals surface area (Å²) in [4.78, 5) is 5.43. The SMILES string of the molecule is Cc1cnc(CNc2ccc(N)cc2C#N)s1. The molecular weight excluding hydrogens is 232 g/mol. The number of hydrogen-bond acceptors (Lipinski definition) is 5. The minimum absolute atomic E-state index is 0.554. The quantitative estimate of drug-likeness (QED) is 0.813. The highest BCUT2D eigenvalue weighted by atomic mass is 32.1. The van der Waals surface area contributed by atoms with Crippen LogP contribution in [0.5, 0.6) is 0 Å². The van der Waals surface area contributed by atoms with Crippen molar-refractivity contribution in [3.8, 4) is 6.07 Å². The van der Waals surface area contributed by atoms with E-state index in [9.17, 15) is 0 Å². The second-order valence-electron chi connectivity index (χ2n) is 3.64. The van der Waals surface area contributed by atoms with E-state index in [2.05, 4.69) is 16.4 Å². The molecule has 0 spiro atoms. The van der Waals surface area contributed by atoms with Crippen molar-refractivity contribution in [2.45, 2.75) is 13.5 Å². The van der Waals surface area contributed by atoms with Crippen molar-refractivity contribution in [2.75, 3.05) is 11.1 Å². The van der Waals surface area contributed by atoms with E-state index in [1.54, 1.807) is 23.5 Å². The van der Waals surface area contributed by atoms with Gasteiger partial charge in [0, 0.05) is 16.8 Å². The van der Waals surface area contributed by atoms with Crippen LogP contribution in [0.2, 0.25) is 0 Å². The second kappa shape index (κ2) is 4.85. The molecule has 0 atom stereocenters. The first-order valence-corrected chi connectivity index (χ1v) is 5.95. The molecule has 0 saturated heterocycles. The molecule has 0 aliphatic rings. The van der Waals surface area contributed by atoms with Crippen LogP contribution in [0.25, 0.3) is 0 Å². The van der Waals surface area contributed by atoms with Gasteiger partial charge in [0.2, 0.25) is 0 Å². The number of rotatable bonds is 3. The van der Waals surface area contributed by atoms with Gasteiger partial charge in [-0.2, -0.15) is 5.26 Å². The van der Waals surface area contributed by atoms with Crippen LogP contribution in [0.1, 0.15) is 15.4 Å². The third-order valence-electron chi connectivity index (χ3n) is 2.26. The molecule has 2 rings (SSSR count). The Kier molecular flexibility index (Phi) is 3.26. The zero-order valence-electron chi connectivity index (χ0n) is 9.40. The van der Waals surface area contributed by atoms with Gasteiger partial charge in [0.05, 0.1) is 17.8 Å². The Hall–Kier alpha value is -2.06. The molecule has 0 bridgehead atoms. The van der Waals surface area contributed by atoms with Gasteiger partial charge >= 0.3 is 0 Å². The fourth-order valence-corrected chi connectivity index (χ4v) is 2.19. The standard InChI is InChI=1S/C12H12N4S/c1-8-6-16-12(17-8)7-15-11-3-2-10(14)4-9(11)5-13/h2-4,6,15H,7,14H2,1H3. The minimum atomic E-state index is 0.554. The second-order valence-corrected chi connectivity index (χ2v) is 4.95. The van der Waals surface area contributed by atoms with E-state index in [-0.39, 0.29) is 0 Å². The van der Waals surface area contributed by atoms with Crippen LogP contribution in [-0.4, -0.2) is 4.98 Å². The first-order valence-electron chi connectivity index (χ1n) is 5.14. The molecule has 0 radical (unpaired) electrons. The zero-order valence-corrected chi connectivity index (χ0v) is 10.2. The lowest BCUT2D eigenvalue weighted by molar-refractivity contribution is 1.10. The summed E-state index contributed by atoms with van der Waals surface area (Å²) in [5, 5.41) is 13.2. The Morgan fingerprint density at radius 3 is 3.00 bits per heavy atom. The molecule has 0 amide bonds. The molecule has 1 heterocycles. The Balaban J connectivity index is 2.12. The fourth-order valence-electron chi connectivity index (χ4n) is 1.46. The highest BCUT2D eigenvalue weighted by Crippen LogP contribution is 2.19. The van der Waals surface area contributed by atoms with Crippen molar-refractivity contribution in [1.82, 2.24) is 4.98 Å². The van der Waals surface area contributed by atoms with Crippen LogP contribution < -0.4 is 11.1 Å². The van der Waals surface area contributed by atoms with Crippen LogP contribution in [0.3, 0.4) is 0 Å². The molecule has 0 unspecified atom stereocenters. The maximum absolute atomic E-state index is 8.99. The third kappa shape index (κ3) is 2.74. The highest BCUT2D eigenvalue weighted by molar-refractivity contribution is 7.11. The van der Waals surface area contributed by atoms with E-state index in [1.807, 2.05) is 19.2 Å². The van der Waals surface area contributed by atoms with Crippen LogP contribution in [0.15, 0.2) is 24.4 Å². The van der Waals surface area contributed by atoms with E-state index in [1.165, 1.54) is 4.88 Å². The molecule has 0 aliphatic carbocycles. The van der Waals surface area contributed by atoms with E-state index in [4.69, 9.17) is 11.0 Å². The van der Waals surface area contributed by atoms with Gasteiger partial charge in [-0.3, -0.25) is 0 Å². The summed E-state index contributed by atoms with van der Waals surface area (Å²) in [6.45, 7) is 2.64. The average molecular weight is 244 g/mol. The number of nitrogens with one attached hydrogen (secondary N) is 1. The number of thiazole rings is 1. The largest absolute Gasteiger partial charge is 0.399 e. The normalized spacial score (nSPS) is 9.88. The van der Waals surface area contributed by atoms with Gasteiger partial charge < -0.3 is 11.1 Å². The Morgan fingerprint density at radius 2 is 2.35 bits per heavy atom. The molecule has 4 nitrogen and oxygen atoms in total. The Morgan fingerprint density at radius 1 is 1.53 bits per heavy atom.